The van der Waals surface area contributed by atoms with E-state index in [4.69, 9.17) is 0 Å². The van der Waals surface area contributed by atoms with Crippen LogP contribution in [-0.4, -0.2) is 20.1 Å². The molecule has 0 saturated heterocycles. The van der Waals surface area contributed by atoms with Gasteiger partial charge >= 0.3 is 0 Å². The molecule has 1 N–H and O–H groups in total. The number of nitrogens with zero attached hydrogens (tertiary/aromatic N) is 1. The van der Waals surface area contributed by atoms with Crippen LogP contribution in [0.4, 0.5) is 5.69 Å². The van der Waals surface area contributed by atoms with E-state index in [1.165, 1.54) is 35.2 Å². The maximum absolute atomic E-state index is 3.71. The average molecular weight is 280 g/mol. The molecule has 3 rings (SSSR count). The van der Waals surface area contributed by atoms with Gasteiger partial charge in [-0.2, -0.15) is 0 Å². The van der Waals surface area contributed by atoms with Gasteiger partial charge in [-0.05, 0) is 48.1 Å². The van der Waals surface area contributed by atoms with Crippen molar-refractivity contribution in [2.75, 3.05) is 19.0 Å². The first-order valence-electron chi connectivity index (χ1n) is 7.79. The SMILES string of the molecule is CN(C)c1ccc(CNC2CCc3ccccc3C2)cc1. The molecule has 0 bridgehead atoms. The number of fused-ring (bicyclic) bond motifs is 1. The molecule has 21 heavy (non-hydrogen) atoms. The molecular weight excluding hydrogens is 256 g/mol. The zero-order chi connectivity index (χ0) is 14.7. The lowest BCUT2D eigenvalue weighted by molar-refractivity contribution is 0.457. The summed E-state index contributed by atoms with van der Waals surface area (Å²) in [6, 6.07) is 18.3. The second-order valence-electron chi connectivity index (χ2n) is 6.15. The lowest BCUT2D eigenvalue weighted by Crippen LogP contribution is -2.34. The minimum atomic E-state index is 0.605. The summed E-state index contributed by atoms with van der Waals surface area (Å²) in [7, 11) is 4.15. The third-order valence-corrected chi connectivity index (χ3v) is 4.39. The summed E-state index contributed by atoms with van der Waals surface area (Å²) < 4.78 is 0. The molecule has 1 aliphatic rings. The highest BCUT2D eigenvalue weighted by atomic mass is 15.1. The topological polar surface area (TPSA) is 15.3 Å². The zero-order valence-corrected chi connectivity index (χ0v) is 13.0. The number of rotatable bonds is 4. The second-order valence-corrected chi connectivity index (χ2v) is 6.15. The van der Waals surface area contributed by atoms with Crippen molar-refractivity contribution in [1.82, 2.24) is 5.32 Å². The minimum absolute atomic E-state index is 0.605. The van der Waals surface area contributed by atoms with Crippen LogP contribution in [0.15, 0.2) is 48.5 Å². The molecule has 1 aliphatic carbocycles. The van der Waals surface area contributed by atoms with Crippen molar-refractivity contribution in [1.29, 1.82) is 0 Å². The molecule has 0 aromatic heterocycles. The molecule has 0 heterocycles. The van der Waals surface area contributed by atoms with Crippen LogP contribution in [0.3, 0.4) is 0 Å². The number of anilines is 1. The van der Waals surface area contributed by atoms with Gasteiger partial charge in [-0.15, -0.1) is 0 Å². The van der Waals surface area contributed by atoms with Crippen molar-refractivity contribution in [2.45, 2.75) is 31.8 Å². The predicted molar refractivity (Wildman–Crippen MR) is 89.9 cm³/mol. The summed E-state index contributed by atoms with van der Waals surface area (Å²) in [4.78, 5) is 2.13. The fourth-order valence-corrected chi connectivity index (χ4v) is 3.05. The van der Waals surface area contributed by atoms with E-state index in [0.29, 0.717) is 6.04 Å². The monoisotopic (exact) mass is 280 g/mol. The van der Waals surface area contributed by atoms with E-state index in [9.17, 15) is 0 Å². The molecule has 0 radical (unpaired) electrons. The highest BCUT2D eigenvalue weighted by Crippen LogP contribution is 2.21. The minimum Gasteiger partial charge on any atom is -0.378 e. The van der Waals surface area contributed by atoms with Crippen LogP contribution in [0.1, 0.15) is 23.1 Å². The van der Waals surface area contributed by atoms with Gasteiger partial charge in [-0.25, -0.2) is 0 Å². The van der Waals surface area contributed by atoms with Crippen LogP contribution in [0.2, 0.25) is 0 Å². The molecule has 1 unspecified atom stereocenters. The fraction of sp³-hybridized carbons (Fsp3) is 0.368. The maximum Gasteiger partial charge on any atom is 0.0361 e. The smallest absolute Gasteiger partial charge is 0.0361 e. The van der Waals surface area contributed by atoms with E-state index in [0.717, 1.165) is 13.0 Å². The number of nitrogens with one attached hydrogen (secondary N) is 1. The van der Waals surface area contributed by atoms with Crippen LogP contribution >= 0.6 is 0 Å². The van der Waals surface area contributed by atoms with Gasteiger partial charge in [0.1, 0.15) is 0 Å². The van der Waals surface area contributed by atoms with Crippen molar-refractivity contribution in [3.8, 4) is 0 Å². The van der Waals surface area contributed by atoms with Crippen molar-refractivity contribution in [2.24, 2.45) is 0 Å². The molecular formula is C19H24N2. The third kappa shape index (κ3) is 3.45. The Balaban J connectivity index is 1.56. The Hall–Kier alpha value is -1.80. The highest BCUT2D eigenvalue weighted by molar-refractivity contribution is 5.46. The van der Waals surface area contributed by atoms with E-state index in [2.05, 4.69) is 72.8 Å². The molecule has 0 fully saturated rings. The Labute approximate surface area is 127 Å². The summed E-state index contributed by atoms with van der Waals surface area (Å²) in [5.41, 5.74) is 5.67. The van der Waals surface area contributed by atoms with Gasteiger partial charge < -0.3 is 10.2 Å². The summed E-state index contributed by atoms with van der Waals surface area (Å²) in [6.45, 7) is 0.959. The Morgan fingerprint density at radius 3 is 2.43 bits per heavy atom. The molecule has 0 amide bonds. The van der Waals surface area contributed by atoms with Crippen molar-refractivity contribution in [3.05, 3.63) is 65.2 Å². The lowest BCUT2D eigenvalue weighted by Gasteiger charge is -2.25. The van der Waals surface area contributed by atoms with E-state index >= 15 is 0 Å². The van der Waals surface area contributed by atoms with Crippen molar-refractivity contribution < 1.29 is 0 Å². The Kier molecular flexibility index (Phi) is 4.26. The molecule has 2 nitrogen and oxygen atoms in total. The van der Waals surface area contributed by atoms with Gasteiger partial charge in [-0.3, -0.25) is 0 Å². The summed E-state index contributed by atoms with van der Waals surface area (Å²) in [5, 5.41) is 3.71. The Morgan fingerprint density at radius 1 is 1.00 bits per heavy atom. The predicted octanol–water partition coefficient (Wildman–Crippen LogP) is 3.40. The van der Waals surface area contributed by atoms with Crippen molar-refractivity contribution in [3.63, 3.8) is 0 Å². The molecule has 2 heteroatoms. The number of hydrogen-bond donors (Lipinski definition) is 1. The van der Waals surface area contributed by atoms with Crippen LogP contribution in [0, 0.1) is 0 Å². The van der Waals surface area contributed by atoms with Gasteiger partial charge in [0.2, 0.25) is 0 Å². The van der Waals surface area contributed by atoms with Crippen LogP contribution in [0.5, 0.6) is 0 Å². The molecule has 2 aromatic carbocycles. The van der Waals surface area contributed by atoms with E-state index in [-0.39, 0.29) is 0 Å². The van der Waals surface area contributed by atoms with E-state index < -0.39 is 0 Å². The standard InChI is InChI=1S/C19H24N2/c1-21(2)19-11-7-15(8-12-19)14-20-18-10-9-16-5-3-4-6-17(16)13-18/h3-8,11-12,18,20H,9-10,13-14H2,1-2H3. The maximum atomic E-state index is 3.71. The fourth-order valence-electron chi connectivity index (χ4n) is 3.05. The number of aryl methyl sites for hydroxylation is 1. The number of hydrogen-bond acceptors (Lipinski definition) is 2. The first-order chi connectivity index (χ1) is 10.2. The van der Waals surface area contributed by atoms with Gasteiger partial charge in [0, 0.05) is 32.4 Å². The Morgan fingerprint density at radius 2 is 1.71 bits per heavy atom. The molecule has 1 atom stereocenters. The van der Waals surface area contributed by atoms with Crippen LogP contribution in [-0.2, 0) is 19.4 Å². The average Bonchev–Trinajstić information content (AvgIpc) is 2.53. The van der Waals surface area contributed by atoms with Crippen LogP contribution in [0.25, 0.3) is 0 Å². The molecule has 0 saturated carbocycles. The normalized spacial score (nSPS) is 17.3. The van der Waals surface area contributed by atoms with Gasteiger partial charge in [-0.1, -0.05) is 36.4 Å². The zero-order valence-electron chi connectivity index (χ0n) is 13.0. The van der Waals surface area contributed by atoms with Crippen molar-refractivity contribution >= 4 is 5.69 Å². The lowest BCUT2D eigenvalue weighted by atomic mass is 9.88. The largest absolute Gasteiger partial charge is 0.378 e. The Bertz CT molecular complexity index is 587. The molecule has 110 valence electrons. The molecule has 0 spiro atoms. The van der Waals surface area contributed by atoms with Crippen LogP contribution < -0.4 is 10.2 Å². The van der Waals surface area contributed by atoms with Gasteiger partial charge in [0.15, 0.2) is 0 Å². The van der Waals surface area contributed by atoms with E-state index in [1.54, 1.807) is 0 Å². The summed E-state index contributed by atoms with van der Waals surface area (Å²) in [5.74, 6) is 0. The second kappa shape index (κ2) is 6.31. The highest BCUT2D eigenvalue weighted by Gasteiger charge is 2.17. The molecule has 2 aromatic rings. The third-order valence-electron chi connectivity index (χ3n) is 4.39. The summed E-state index contributed by atoms with van der Waals surface area (Å²) >= 11 is 0. The molecule has 0 aliphatic heterocycles. The van der Waals surface area contributed by atoms with Gasteiger partial charge in [0.25, 0.3) is 0 Å². The van der Waals surface area contributed by atoms with Gasteiger partial charge in [0.05, 0.1) is 0 Å². The number of benzene rings is 2. The van der Waals surface area contributed by atoms with E-state index in [1.807, 2.05) is 0 Å². The first kappa shape index (κ1) is 14.2. The quantitative estimate of drug-likeness (QED) is 0.923. The summed E-state index contributed by atoms with van der Waals surface area (Å²) in [6.07, 6.45) is 3.60. The first-order valence-corrected chi connectivity index (χ1v) is 7.79.